The highest BCUT2D eigenvalue weighted by atomic mass is 16.1. The van der Waals surface area contributed by atoms with Gasteiger partial charge in [0, 0.05) is 19.6 Å². The zero-order valence-electron chi connectivity index (χ0n) is 11.2. The SMILES string of the molecule is CC(=O)/C=C1/CCN(Cc2ccccc2)CC1C. The third-order valence-electron chi connectivity index (χ3n) is 3.52. The van der Waals surface area contributed by atoms with E-state index in [9.17, 15) is 4.79 Å². The smallest absolute Gasteiger partial charge is 0.152 e. The van der Waals surface area contributed by atoms with E-state index in [4.69, 9.17) is 0 Å². The first kappa shape index (κ1) is 13.0. The Labute approximate surface area is 109 Å². The molecule has 1 aromatic rings. The van der Waals surface area contributed by atoms with Crippen LogP contribution in [0.1, 0.15) is 25.8 Å². The lowest BCUT2D eigenvalue weighted by atomic mass is 9.92. The first-order valence-corrected chi connectivity index (χ1v) is 6.62. The van der Waals surface area contributed by atoms with E-state index in [2.05, 4.69) is 42.2 Å². The minimum absolute atomic E-state index is 0.174. The van der Waals surface area contributed by atoms with Gasteiger partial charge < -0.3 is 0 Å². The van der Waals surface area contributed by atoms with E-state index in [1.54, 1.807) is 6.92 Å². The summed E-state index contributed by atoms with van der Waals surface area (Å²) >= 11 is 0. The molecule has 1 saturated heterocycles. The molecular weight excluding hydrogens is 222 g/mol. The Kier molecular flexibility index (Phi) is 4.32. The van der Waals surface area contributed by atoms with E-state index in [0.29, 0.717) is 5.92 Å². The first-order chi connectivity index (χ1) is 8.65. The van der Waals surface area contributed by atoms with Crippen LogP contribution in [0.2, 0.25) is 0 Å². The van der Waals surface area contributed by atoms with Gasteiger partial charge in [0.15, 0.2) is 5.78 Å². The summed E-state index contributed by atoms with van der Waals surface area (Å²) in [6, 6.07) is 10.6. The van der Waals surface area contributed by atoms with E-state index in [1.807, 2.05) is 6.08 Å². The molecule has 0 bridgehead atoms. The van der Waals surface area contributed by atoms with E-state index in [0.717, 1.165) is 26.1 Å². The Balaban J connectivity index is 1.94. The lowest BCUT2D eigenvalue weighted by molar-refractivity contribution is -0.112. The van der Waals surface area contributed by atoms with Crippen LogP contribution < -0.4 is 0 Å². The van der Waals surface area contributed by atoms with Crippen molar-refractivity contribution in [3.05, 3.63) is 47.5 Å². The average molecular weight is 243 g/mol. The Morgan fingerprint density at radius 1 is 1.39 bits per heavy atom. The second-order valence-corrected chi connectivity index (χ2v) is 5.20. The fourth-order valence-corrected chi connectivity index (χ4v) is 2.59. The van der Waals surface area contributed by atoms with Crippen molar-refractivity contribution >= 4 is 5.78 Å². The molecule has 2 heteroatoms. The number of rotatable bonds is 3. The van der Waals surface area contributed by atoms with Gasteiger partial charge in [0.25, 0.3) is 0 Å². The molecule has 0 spiro atoms. The Morgan fingerprint density at radius 2 is 2.11 bits per heavy atom. The standard InChI is InChI=1S/C16H21NO/c1-13-11-17(9-8-16(13)10-14(2)18)12-15-6-4-3-5-7-15/h3-7,10,13H,8-9,11-12H2,1-2H3/b16-10-. The zero-order chi connectivity index (χ0) is 13.0. The van der Waals surface area contributed by atoms with Crippen LogP contribution in [-0.4, -0.2) is 23.8 Å². The molecule has 1 atom stereocenters. The molecule has 2 rings (SSSR count). The molecule has 96 valence electrons. The summed E-state index contributed by atoms with van der Waals surface area (Å²) in [6.07, 6.45) is 2.85. The van der Waals surface area contributed by atoms with Gasteiger partial charge in [-0.25, -0.2) is 0 Å². The number of nitrogens with zero attached hydrogens (tertiary/aromatic N) is 1. The predicted molar refractivity (Wildman–Crippen MR) is 74.3 cm³/mol. The maximum absolute atomic E-state index is 11.1. The van der Waals surface area contributed by atoms with Crippen molar-refractivity contribution in [2.24, 2.45) is 5.92 Å². The Hall–Kier alpha value is -1.41. The molecule has 1 aromatic carbocycles. The number of likely N-dealkylation sites (tertiary alicyclic amines) is 1. The van der Waals surface area contributed by atoms with Gasteiger partial charge in [-0.15, -0.1) is 0 Å². The van der Waals surface area contributed by atoms with Crippen LogP contribution in [0.3, 0.4) is 0 Å². The molecule has 0 aliphatic carbocycles. The molecule has 0 aromatic heterocycles. The highest BCUT2D eigenvalue weighted by Crippen LogP contribution is 2.23. The molecule has 0 radical (unpaired) electrons. The van der Waals surface area contributed by atoms with Crippen molar-refractivity contribution < 1.29 is 4.79 Å². The fraction of sp³-hybridized carbons (Fsp3) is 0.438. The van der Waals surface area contributed by atoms with Crippen LogP contribution in [0.4, 0.5) is 0 Å². The minimum atomic E-state index is 0.174. The largest absolute Gasteiger partial charge is 0.298 e. The molecule has 0 saturated carbocycles. The van der Waals surface area contributed by atoms with Gasteiger partial charge in [0.2, 0.25) is 0 Å². The van der Waals surface area contributed by atoms with E-state index in [-0.39, 0.29) is 5.78 Å². The summed E-state index contributed by atoms with van der Waals surface area (Å²) in [5.41, 5.74) is 2.68. The van der Waals surface area contributed by atoms with Crippen molar-refractivity contribution in [2.45, 2.75) is 26.8 Å². The highest BCUT2D eigenvalue weighted by Gasteiger charge is 2.20. The number of ketones is 1. The number of allylic oxidation sites excluding steroid dienone is 1. The normalized spacial score (nSPS) is 23.2. The molecule has 1 aliphatic heterocycles. The number of hydrogen-bond donors (Lipinski definition) is 0. The number of benzene rings is 1. The fourth-order valence-electron chi connectivity index (χ4n) is 2.59. The third kappa shape index (κ3) is 3.54. The summed E-state index contributed by atoms with van der Waals surface area (Å²) in [6.45, 7) is 6.97. The molecule has 1 unspecified atom stereocenters. The maximum Gasteiger partial charge on any atom is 0.152 e. The van der Waals surface area contributed by atoms with Crippen molar-refractivity contribution in [3.8, 4) is 0 Å². The Morgan fingerprint density at radius 3 is 2.72 bits per heavy atom. The third-order valence-corrected chi connectivity index (χ3v) is 3.52. The molecule has 1 heterocycles. The summed E-state index contributed by atoms with van der Waals surface area (Å²) in [7, 11) is 0. The van der Waals surface area contributed by atoms with Crippen LogP contribution in [0.25, 0.3) is 0 Å². The zero-order valence-corrected chi connectivity index (χ0v) is 11.2. The van der Waals surface area contributed by atoms with Gasteiger partial charge in [-0.2, -0.15) is 0 Å². The van der Waals surface area contributed by atoms with Crippen molar-refractivity contribution in [1.29, 1.82) is 0 Å². The van der Waals surface area contributed by atoms with Crippen molar-refractivity contribution in [3.63, 3.8) is 0 Å². The molecule has 1 fully saturated rings. The number of carbonyl (C=O) groups excluding carboxylic acids is 1. The topological polar surface area (TPSA) is 20.3 Å². The van der Waals surface area contributed by atoms with Crippen molar-refractivity contribution in [2.75, 3.05) is 13.1 Å². The Bertz CT molecular complexity index is 436. The maximum atomic E-state index is 11.1. The van der Waals surface area contributed by atoms with Crippen molar-refractivity contribution in [1.82, 2.24) is 4.90 Å². The summed E-state index contributed by atoms with van der Waals surface area (Å²) in [5.74, 6) is 0.666. The van der Waals surface area contributed by atoms with Crippen LogP contribution in [0.5, 0.6) is 0 Å². The van der Waals surface area contributed by atoms with Crippen LogP contribution in [0.15, 0.2) is 42.0 Å². The van der Waals surface area contributed by atoms with Crippen LogP contribution >= 0.6 is 0 Å². The summed E-state index contributed by atoms with van der Waals surface area (Å²) in [5, 5.41) is 0. The molecule has 1 aliphatic rings. The molecule has 18 heavy (non-hydrogen) atoms. The van der Waals surface area contributed by atoms with Gasteiger partial charge in [-0.3, -0.25) is 9.69 Å². The number of hydrogen-bond acceptors (Lipinski definition) is 2. The van der Waals surface area contributed by atoms with E-state index in [1.165, 1.54) is 11.1 Å². The van der Waals surface area contributed by atoms with Crippen LogP contribution in [0, 0.1) is 5.92 Å². The first-order valence-electron chi connectivity index (χ1n) is 6.62. The van der Waals surface area contributed by atoms with Crippen LogP contribution in [-0.2, 0) is 11.3 Å². The van der Waals surface area contributed by atoms with Gasteiger partial charge in [0.05, 0.1) is 0 Å². The second-order valence-electron chi connectivity index (χ2n) is 5.20. The van der Waals surface area contributed by atoms with Gasteiger partial charge in [-0.1, -0.05) is 42.8 Å². The minimum Gasteiger partial charge on any atom is -0.298 e. The number of carbonyl (C=O) groups is 1. The monoisotopic (exact) mass is 243 g/mol. The van der Waals surface area contributed by atoms with Gasteiger partial charge >= 0.3 is 0 Å². The lowest BCUT2D eigenvalue weighted by Crippen LogP contribution is -2.35. The second kappa shape index (κ2) is 5.96. The lowest BCUT2D eigenvalue weighted by Gasteiger charge is -2.33. The van der Waals surface area contributed by atoms with E-state index < -0.39 is 0 Å². The quantitative estimate of drug-likeness (QED) is 0.760. The molecule has 0 amide bonds. The van der Waals surface area contributed by atoms with Gasteiger partial charge in [-0.05, 0) is 30.9 Å². The predicted octanol–water partition coefficient (Wildman–Crippen LogP) is 3.04. The molecular formula is C16H21NO. The molecule has 2 nitrogen and oxygen atoms in total. The number of piperidine rings is 1. The highest BCUT2D eigenvalue weighted by molar-refractivity contribution is 5.88. The average Bonchev–Trinajstić information content (AvgIpc) is 2.33. The van der Waals surface area contributed by atoms with Gasteiger partial charge in [0.1, 0.15) is 0 Å². The summed E-state index contributed by atoms with van der Waals surface area (Å²) in [4.78, 5) is 13.6. The molecule has 0 N–H and O–H groups in total. The van der Waals surface area contributed by atoms with E-state index >= 15 is 0 Å². The summed E-state index contributed by atoms with van der Waals surface area (Å²) < 4.78 is 0.